The van der Waals surface area contributed by atoms with Crippen molar-refractivity contribution in [3.8, 4) is 0 Å². The Kier molecular flexibility index (Phi) is 4.46. The van der Waals surface area contributed by atoms with E-state index in [-0.39, 0.29) is 11.0 Å². The standard InChI is InChI=1S/C11H13BrN2O5/c1-11(2,10(16)19-3)6-13-4-7(12)9(15)8(5-13)14(17)18/h4-5H,6H2,1-3H3. The normalized spacial score (nSPS) is 11.2. The number of hydrogen-bond acceptors (Lipinski definition) is 5. The van der Waals surface area contributed by atoms with E-state index in [0.29, 0.717) is 0 Å². The van der Waals surface area contributed by atoms with Crippen LogP contribution in [0.25, 0.3) is 0 Å². The molecule has 0 bridgehead atoms. The van der Waals surface area contributed by atoms with Crippen molar-refractivity contribution < 1.29 is 14.5 Å². The fraction of sp³-hybridized carbons (Fsp3) is 0.455. The summed E-state index contributed by atoms with van der Waals surface area (Å²) in [6.45, 7) is 3.45. The van der Waals surface area contributed by atoms with Crippen LogP contribution >= 0.6 is 15.9 Å². The molecule has 0 fully saturated rings. The molecule has 104 valence electrons. The van der Waals surface area contributed by atoms with Gasteiger partial charge in [-0.2, -0.15) is 0 Å². The molecule has 1 aromatic heterocycles. The number of carbonyl (C=O) groups is 1. The van der Waals surface area contributed by atoms with E-state index in [1.807, 2.05) is 0 Å². The third-order valence-corrected chi connectivity index (χ3v) is 3.09. The molecule has 0 aliphatic carbocycles. The van der Waals surface area contributed by atoms with E-state index in [4.69, 9.17) is 0 Å². The average Bonchev–Trinajstić information content (AvgIpc) is 2.31. The maximum absolute atomic E-state index is 11.6. The van der Waals surface area contributed by atoms with E-state index in [2.05, 4.69) is 20.7 Å². The van der Waals surface area contributed by atoms with Crippen molar-refractivity contribution in [1.29, 1.82) is 0 Å². The molecule has 1 aromatic rings. The van der Waals surface area contributed by atoms with Gasteiger partial charge in [-0.15, -0.1) is 0 Å². The fourth-order valence-corrected chi connectivity index (χ4v) is 2.06. The highest BCUT2D eigenvalue weighted by molar-refractivity contribution is 9.10. The minimum absolute atomic E-state index is 0.0716. The Morgan fingerprint density at radius 3 is 2.58 bits per heavy atom. The van der Waals surface area contributed by atoms with Crippen LogP contribution < -0.4 is 5.43 Å². The lowest BCUT2D eigenvalue weighted by molar-refractivity contribution is -0.386. The predicted molar refractivity (Wildman–Crippen MR) is 70.9 cm³/mol. The SMILES string of the molecule is COC(=O)C(C)(C)Cn1cc(Br)c(=O)c([N+](=O)[O-])c1. The summed E-state index contributed by atoms with van der Waals surface area (Å²) in [6.07, 6.45) is 2.51. The maximum Gasteiger partial charge on any atom is 0.333 e. The van der Waals surface area contributed by atoms with E-state index in [1.165, 1.54) is 17.9 Å². The third-order valence-electron chi connectivity index (χ3n) is 2.53. The van der Waals surface area contributed by atoms with Gasteiger partial charge in [-0.25, -0.2) is 0 Å². The highest BCUT2D eigenvalue weighted by Crippen LogP contribution is 2.21. The van der Waals surface area contributed by atoms with Crippen LogP contribution in [0.2, 0.25) is 0 Å². The lowest BCUT2D eigenvalue weighted by Crippen LogP contribution is -2.31. The number of hydrogen-bond donors (Lipinski definition) is 0. The molecule has 7 nitrogen and oxygen atoms in total. The average molecular weight is 333 g/mol. The predicted octanol–water partition coefficient (Wildman–Crippen LogP) is 1.72. The number of carbonyl (C=O) groups excluding carboxylic acids is 1. The molecule has 19 heavy (non-hydrogen) atoms. The molecule has 0 saturated heterocycles. The molecule has 0 aromatic carbocycles. The van der Waals surface area contributed by atoms with Gasteiger partial charge in [-0.05, 0) is 29.8 Å². The monoisotopic (exact) mass is 332 g/mol. The van der Waals surface area contributed by atoms with Crippen LogP contribution in [0, 0.1) is 15.5 Å². The molecule has 0 atom stereocenters. The van der Waals surface area contributed by atoms with Gasteiger partial charge < -0.3 is 9.30 Å². The van der Waals surface area contributed by atoms with Crippen LogP contribution in [0.1, 0.15) is 13.8 Å². The Bertz CT molecular complexity index is 579. The van der Waals surface area contributed by atoms with E-state index in [0.717, 1.165) is 6.20 Å². The molecular formula is C11H13BrN2O5. The maximum atomic E-state index is 11.6. The van der Waals surface area contributed by atoms with Crippen LogP contribution in [0.5, 0.6) is 0 Å². The summed E-state index contributed by atoms with van der Waals surface area (Å²) in [4.78, 5) is 33.1. The van der Waals surface area contributed by atoms with Crippen molar-refractivity contribution in [3.63, 3.8) is 0 Å². The van der Waals surface area contributed by atoms with Crippen LogP contribution in [0.15, 0.2) is 21.7 Å². The highest BCUT2D eigenvalue weighted by atomic mass is 79.9. The van der Waals surface area contributed by atoms with E-state index in [1.54, 1.807) is 13.8 Å². The molecule has 0 aliphatic rings. The number of nitrogens with zero attached hydrogens (tertiary/aromatic N) is 2. The van der Waals surface area contributed by atoms with Gasteiger partial charge in [0.15, 0.2) is 0 Å². The van der Waals surface area contributed by atoms with Crippen LogP contribution in [0.4, 0.5) is 5.69 Å². The fourth-order valence-electron chi connectivity index (χ4n) is 1.60. The van der Waals surface area contributed by atoms with E-state index in [9.17, 15) is 19.7 Å². The largest absolute Gasteiger partial charge is 0.469 e. The van der Waals surface area contributed by atoms with Gasteiger partial charge in [0, 0.05) is 12.7 Å². The minimum atomic E-state index is -0.864. The highest BCUT2D eigenvalue weighted by Gasteiger charge is 2.30. The van der Waals surface area contributed by atoms with Crippen LogP contribution in [-0.2, 0) is 16.1 Å². The number of ether oxygens (including phenoxy) is 1. The molecule has 0 amide bonds. The Morgan fingerprint density at radius 2 is 2.11 bits per heavy atom. The molecular weight excluding hydrogens is 320 g/mol. The van der Waals surface area contributed by atoms with Gasteiger partial charge >= 0.3 is 11.7 Å². The topological polar surface area (TPSA) is 91.4 Å². The second kappa shape index (κ2) is 5.52. The van der Waals surface area contributed by atoms with Crippen LogP contribution in [0.3, 0.4) is 0 Å². The number of pyridine rings is 1. The number of aromatic nitrogens is 1. The van der Waals surface area contributed by atoms with Crippen molar-refractivity contribution in [2.45, 2.75) is 20.4 Å². The first kappa shape index (κ1) is 15.4. The molecule has 1 heterocycles. The number of nitro groups is 1. The molecule has 0 aliphatic heterocycles. The smallest absolute Gasteiger partial charge is 0.333 e. The van der Waals surface area contributed by atoms with Gasteiger partial charge in [0.05, 0.1) is 28.1 Å². The van der Waals surface area contributed by atoms with Gasteiger partial charge in [0.25, 0.3) is 5.43 Å². The quantitative estimate of drug-likeness (QED) is 0.475. The molecule has 8 heteroatoms. The Balaban J connectivity index is 3.20. The molecule has 0 radical (unpaired) electrons. The second-order valence-corrected chi connectivity index (χ2v) is 5.48. The molecule has 1 rings (SSSR count). The van der Waals surface area contributed by atoms with Crippen molar-refractivity contribution >= 4 is 27.6 Å². The van der Waals surface area contributed by atoms with E-state index < -0.39 is 27.4 Å². The first-order valence-electron chi connectivity index (χ1n) is 5.31. The lowest BCUT2D eigenvalue weighted by atomic mass is 9.93. The van der Waals surface area contributed by atoms with Crippen molar-refractivity contribution in [3.05, 3.63) is 37.2 Å². The molecule has 0 spiro atoms. The molecule has 0 N–H and O–H groups in total. The van der Waals surface area contributed by atoms with Gasteiger partial charge in [0.1, 0.15) is 0 Å². The van der Waals surface area contributed by atoms with Crippen molar-refractivity contribution in [2.24, 2.45) is 5.41 Å². The zero-order chi connectivity index (χ0) is 14.8. The van der Waals surface area contributed by atoms with E-state index >= 15 is 0 Å². The number of rotatable bonds is 4. The summed E-state index contributed by atoms with van der Waals surface area (Å²) in [7, 11) is 1.27. The molecule has 0 unspecified atom stereocenters. The zero-order valence-corrected chi connectivity index (χ0v) is 12.3. The summed E-state index contributed by atoms with van der Waals surface area (Å²) in [6, 6.07) is 0. The summed E-state index contributed by atoms with van der Waals surface area (Å²) < 4.78 is 6.15. The summed E-state index contributed by atoms with van der Waals surface area (Å²) in [5.74, 6) is -0.440. The summed E-state index contributed by atoms with van der Waals surface area (Å²) >= 11 is 2.97. The minimum Gasteiger partial charge on any atom is -0.469 e. The van der Waals surface area contributed by atoms with Crippen molar-refractivity contribution in [1.82, 2.24) is 4.57 Å². The number of esters is 1. The lowest BCUT2D eigenvalue weighted by Gasteiger charge is -2.22. The Labute approximate surface area is 117 Å². The van der Waals surface area contributed by atoms with Crippen molar-refractivity contribution in [2.75, 3.05) is 7.11 Å². The van der Waals surface area contributed by atoms with Gasteiger partial charge in [-0.3, -0.25) is 19.7 Å². The first-order chi connectivity index (χ1) is 8.69. The number of methoxy groups -OCH3 is 1. The summed E-state index contributed by atoms with van der Waals surface area (Å²) in [5, 5.41) is 10.8. The Hall–Kier alpha value is -1.70. The Morgan fingerprint density at radius 1 is 1.53 bits per heavy atom. The first-order valence-corrected chi connectivity index (χ1v) is 6.10. The third kappa shape index (κ3) is 3.40. The zero-order valence-electron chi connectivity index (χ0n) is 10.7. The van der Waals surface area contributed by atoms with Gasteiger partial charge in [0.2, 0.25) is 0 Å². The van der Waals surface area contributed by atoms with Gasteiger partial charge in [-0.1, -0.05) is 0 Å². The number of halogens is 1. The molecule has 0 saturated carbocycles. The van der Waals surface area contributed by atoms with Crippen LogP contribution in [-0.4, -0.2) is 22.6 Å². The second-order valence-electron chi connectivity index (χ2n) is 4.63. The summed E-state index contributed by atoms with van der Waals surface area (Å²) in [5.41, 5.74) is -2.11.